The fourth-order valence-electron chi connectivity index (χ4n) is 2.49. The second-order valence-electron chi connectivity index (χ2n) is 6.02. The minimum absolute atomic E-state index is 0.0415. The molecule has 1 amide bonds. The van der Waals surface area contributed by atoms with Crippen molar-refractivity contribution in [3.63, 3.8) is 0 Å². The van der Waals surface area contributed by atoms with Crippen LogP contribution in [0.1, 0.15) is 11.3 Å². The third-order valence-corrected chi connectivity index (χ3v) is 6.23. The van der Waals surface area contributed by atoms with Gasteiger partial charge in [-0.2, -0.15) is 9.41 Å². The van der Waals surface area contributed by atoms with Gasteiger partial charge in [-0.1, -0.05) is 46.3 Å². The van der Waals surface area contributed by atoms with Gasteiger partial charge in [0, 0.05) is 11.0 Å². The van der Waals surface area contributed by atoms with Crippen LogP contribution in [0, 0.1) is 0 Å². The molecule has 0 unspecified atom stereocenters. The molecule has 0 atom stereocenters. The number of furan rings is 1. The maximum absolute atomic E-state index is 13.1. The molecule has 0 aliphatic rings. The predicted octanol–water partition coefficient (Wildman–Crippen LogP) is 3.38. The summed E-state index contributed by atoms with van der Waals surface area (Å²) in [5.41, 5.74) is 3.08. The number of nitrogens with one attached hydrogen (secondary N) is 1. The van der Waals surface area contributed by atoms with Crippen LogP contribution in [0.15, 0.2) is 91.9 Å². The molecule has 0 bridgehead atoms. The van der Waals surface area contributed by atoms with Crippen molar-refractivity contribution < 1.29 is 17.6 Å². The maximum atomic E-state index is 13.1. The van der Waals surface area contributed by atoms with Crippen LogP contribution in [0.3, 0.4) is 0 Å². The Morgan fingerprint density at radius 2 is 1.79 bits per heavy atom. The van der Waals surface area contributed by atoms with E-state index in [0.717, 1.165) is 14.3 Å². The van der Waals surface area contributed by atoms with Crippen molar-refractivity contribution in [2.24, 2.45) is 5.10 Å². The van der Waals surface area contributed by atoms with Crippen LogP contribution < -0.4 is 5.43 Å². The number of hydrogen-bond acceptors (Lipinski definition) is 5. The lowest BCUT2D eigenvalue weighted by Gasteiger charge is -2.21. The number of benzene rings is 2. The predicted molar refractivity (Wildman–Crippen MR) is 113 cm³/mol. The van der Waals surface area contributed by atoms with Crippen LogP contribution in [0.25, 0.3) is 0 Å². The zero-order chi connectivity index (χ0) is 20.7. The van der Waals surface area contributed by atoms with Crippen LogP contribution in [-0.2, 0) is 21.4 Å². The van der Waals surface area contributed by atoms with Gasteiger partial charge in [-0.05, 0) is 42.0 Å². The third kappa shape index (κ3) is 5.86. The second kappa shape index (κ2) is 9.64. The quantitative estimate of drug-likeness (QED) is 0.399. The van der Waals surface area contributed by atoms with E-state index < -0.39 is 15.9 Å². The SMILES string of the molecule is O=C(CN(Cc1ccc(Br)cc1)S(=O)(=O)c1ccccc1)N/N=C\c1ccco1. The van der Waals surface area contributed by atoms with Crippen LogP contribution in [-0.4, -0.2) is 31.4 Å². The number of rotatable bonds is 8. The lowest BCUT2D eigenvalue weighted by molar-refractivity contribution is -0.121. The molecule has 7 nitrogen and oxygen atoms in total. The molecule has 0 aliphatic carbocycles. The van der Waals surface area contributed by atoms with Gasteiger partial charge in [0.25, 0.3) is 5.91 Å². The monoisotopic (exact) mass is 475 g/mol. The van der Waals surface area contributed by atoms with Crippen molar-refractivity contribution >= 4 is 38.1 Å². The Morgan fingerprint density at radius 3 is 2.45 bits per heavy atom. The van der Waals surface area contributed by atoms with Crippen molar-refractivity contribution in [3.8, 4) is 0 Å². The first-order valence-corrected chi connectivity index (χ1v) is 10.8. The first kappa shape index (κ1) is 21.0. The largest absolute Gasteiger partial charge is 0.463 e. The molecule has 0 saturated heterocycles. The zero-order valence-corrected chi connectivity index (χ0v) is 17.6. The van der Waals surface area contributed by atoms with E-state index in [0.29, 0.717) is 5.76 Å². The number of hydrogen-bond donors (Lipinski definition) is 1. The van der Waals surface area contributed by atoms with Crippen molar-refractivity contribution in [3.05, 3.63) is 88.8 Å². The highest BCUT2D eigenvalue weighted by atomic mass is 79.9. The topological polar surface area (TPSA) is 92.0 Å². The number of sulfonamides is 1. The van der Waals surface area contributed by atoms with Gasteiger partial charge in [-0.3, -0.25) is 4.79 Å². The summed E-state index contributed by atoms with van der Waals surface area (Å²) in [5.74, 6) is -0.0988. The fourth-order valence-corrected chi connectivity index (χ4v) is 4.16. The van der Waals surface area contributed by atoms with E-state index in [9.17, 15) is 13.2 Å². The second-order valence-corrected chi connectivity index (χ2v) is 8.87. The Labute approximate surface area is 177 Å². The normalized spacial score (nSPS) is 11.8. The van der Waals surface area contributed by atoms with E-state index >= 15 is 0 Å². The Bertz CT molecular complexity index is 1070. The molecule has 0 spiro atoms. The lowest BCUT2D eigenvalue weighted by atomic mass is 10.2. The van der Waals surface area contributed by atoms with E-state index in [1.165, 1.54) is 24.6 Å². The summed E-state index contributed by atoms with van der Waals surface area (Å²) in [6, 6.07) is 18.6. The molecule has 0 radical (unpaired) electrons. The fraction of sp³-hybridized carbons (Fsp3) is 0.100. The summed E-state index contributed by atoms with van der Waals surface area (Å²) in [6.45, 7) is -0.345. The molecule has 0 aliphatic heterocycles. The van der Waals surface area contributed by atoms with Crippen molar-refractivity contribution in [2.45, 2.75) is 11.4 Å². The highest BCUT2D eigenvalue weighted by molar-refractivity contribution is 9.10. The number of amides is 1. The molecule has 1 aromatic heterocycles. The van der Waals surface area contributed by atoms with Crippen LogP contribution in [0.5, 0.6) is 0 Å². The molecule has 150 valence electrons. The van der Waals surface area contributed by atoms with Gasteiger partial charge in [-0.15, -0.1) is 0 Å². The number of hydrazone groups is 1. The minimum Gasteiger partial charge on any atom is -0.463 e. The van der Waals surface area contributed by atoms with E-state index in [-0.39, 0.29) is 18.0 Å². The summed E-state index contributed by atoms with van der Waals surface area (Å²) < 4.78 is 33.2. The molecule has 2 aromatic carbocycles. The smallest absolute Gasteiger partial charge is 0.255 e. The van der Waals surface area contributed by atoms with Gasteiger partial charge in [-0.25, -0.2) is 13.8 Å². The highest BCUT2D eigenvalue weighted by Gasteiger charge is 2.26. The highest BCUT2D eigenvalue weighted by Crippen LogP contribution is 2.19. The van der Waals surface area contributed by atoms with Crippen molar-refractivity contribution in [1.82, 2.24) is 9.73 Å². The van der Waals surface area contributed by atoms with E-state index in [2.05, 4.69) is 26.5 Å². The van der Waals surface area contributed by atoms with Gasteiger partial charge < -0.3 is 4.42 Å². The molecule has 29 heavy (non-hydrogen) atoms. The van der Waals surface area contributed by atoms with E-state index in [1.807, 2.05) is 12.1 Å². The molecule has 0 saturated carbocycles. The standard InChI is InChI=1S/C20H18BrN3O4S/c21-17-10-8-16(9-11-17)14-24(29(26,27)19-6-2-1-3-7-19)15-20(25)23-22-13-18-5-4-12-28-18/h1-13H,14-15H2,(H,23,25)/b22-13-. The van der Waals surface area contributed by atoms with Gasteiger partial charge in [0.05, 0.1) is 23.9 Å². The zero-order valence-electron chi connectivity index (χ0n) is 15.2. The number of carbonyl (C=O) groups excluding carboxylic acids is 1. The first-order valence-electron chi connectivity index (χ1n) is 8.60. The summed E-state index contributed by atoms with van der Waals surface area (Å²) in [7, 11) is -3.88. The van der Waals surface area contributed by atoms with Gasteiger partial charge in [0.2, 0.25) is 10.0 Å². The molecule has 3 aromatic rings. The summed E-state index contributed by atoms with van der Waals surface area (Å²) >= 11 is 3.35. The van der Waals surface area contributed by atoms with Crippen LogP contribution in [0.2, 0.25) is 0 Å². The molecule has 1 N–H and O–H groups in total. The van der Waals surface area contributed by atoms with E-state index in [4.69, 9.17) is 4.42 Å². The molecule has 1 heterocycles. The third-order valence-electron chi connectivity index (χ3n) is 3.90. The first-order chi connectivity index (χ1) is 13.9. The van der Waals surface area contributed by atoms with Gasteiger partial charge in [0.15, 0.2) is 0 Å². The minimum atomic E-state index is -3.88. The number of halogens is 1. The Kier molecular flexibility index (Phi) is 6.97. The van der Waals surface area contributed by atoms with Crippen molar-refractivity contribution in [2.75, 3.05) is 6.54 Å². The summed E-state index contributed by atoms with van der Waals surface area (Å²) in [4.78, 5) is 12.4. The summed E-state index contributed by atoms with van der Waals surface area (Å²) in [6.07, 6.45) is 2.82. The number of carbonyl (C=O) groups is 1. The Hall–Kier alpha value is -2.75. The molecule has 3 rings (SSSR count). The lowest BCUT2D eigenvalue weighted by Crippen LogP contribution is -2.39. The molecule has 9 heteroatoms. The average molecular weight is 476 g/mol. The Morgan fingerprint density at radius 1 is 1.07 bits per heavy atom. The number of nitrogens with zero attached hydrogens (tertiary/aromatic N) is 2. The Balaban J connectivity index is 1.78. The van der Waals surface area contributed by atoms with Gasteiger partial charge in [0.1, 0.15) is 5.76 Å². The van der Waals surface area contributed by atoms with Gasteiger partial charge >= 0.3 is 0 Å². The van der Waals surface area contributed by atoms with E-state index in [1.54, 1.807) is 42.5 Å². The van der Waals surface area contributed by atoms with Crippen LogP contribution >= 0.6 is 15.9 Å². The van der Waals surface area contributed by atoms with Crippen LogP contribution in [0.4, 0.5) is 0 Å². The molecular weight excluding hydrogens is 458 g/mol. The maximum Gasteiger partial charge on any atom is 0.255 e. The van der Waals surface area contributed by atoms with Crippen molar-refractivity contribution in [1.29, 1.82) is 0 Å². The average Bonchev–Trinajstić information content (AvgIpc) is 3.23. The summed E-state index contributed by atoms with van der Waals surface area (Å²) in [5, 5.41) is 3.79. The molecular formula is C20H18BrN3O4S. The molecule has 0 fully saturated rings.